The Hall–Kier alpha value is -2.04. The molecular weight excluding hydrogens is 270 g/mol. The van der Waals surface area contributed by atoms with Crippen LogP contribution in [0.2, 0.25) is 0 Å². The summed E-state index contributed by atoms with van der Waals surface area (Å²) >= 11 is 0. The zero-order valence-corrected chi connectivity index (χ0v) is 12.4. The van der Waals surface area contributed by atoms with E-state index in [4.69, 9.17) is 9.84 Å². The lowest BCUT2D eigenvalue weighted by molar-refractivity contribution is -0.141. The van der Waals surface area contributed by atoms with E-state index in [9.17, 15) is 9.59 Å². The molecule has 1 aliphatic heterocycles. The van der Waals surface area contributed by atoms with Crippen LogP contribution in [0.5, 0.6) is 5.75 Å². The summed E-state index contributed by atoms with van der Waals surface area (Å²) in [5, 5.41) is 9.01. The number of carboxylic acid groups (broad SMARTS) is 1. The fourth-order valence-corrected chi connectivity index (χ4v) is 2.28. The van der Waals surface area contributed by atoms with Crippen molar-refractivity contribution in [3.8, 4) is 5.75 Å². The lowest BCUT2D eigenvalue weighted by Gasteiger charge is -2.17. The quantitative estimate of drug-likeness (QED) is 0.874. The zero-order chi connectivity index (χ0) is 15.4. The molecule has 0 aliphatic carbocycles. The van der Waals surface area contributed by atoms with Crippen molar-refractivity contribution in [3.63, 3.8) is 0 Å². The molecule has 1 unspecified atom stereocenters. The van der Waals surface area contributed by atoms with E-state index >= 15 is 0 Å². The summed E-state index contributed by atoms with van der Waals surface area (Å²) in [7, 11) is 0. The maximum absolute atomic E-state index is 11.9. The predicted molar refractivity (Wildman–Crippen MR) is 79.5 cm³/mol. The Balaban J connectivity index is 2.03. The molecule has 1 atom stereocenters. The van der Waals surface area contributed by atoms with Crippen LogP contribution in [0.3, 0.4) is 0 Å². The number of ether oxygens (including phenoxy) is 1. The van der Waals surface area contributed by atoms with Crippen LogP contribution in [0, 0.1) is 11.8 Å². The minimum atomic E-state index is -0.921. The molecule has 2 rings (SSSR count). The van der Waals surface area contributed by atoms with Gasteiger partial charge in [-0.25, -0.2) is 0 Å². The minimum Gasteiger partial charge on any atom is -0.494 e. The maximum atomic E-state index is 11.9. The lowest BCUT2D eigenvalue weighted by atomic mass is 10.1. The summed E-state index contributed by atoms with van der Waals surface area (Å²) in [6.07, 6.45) is 1.03. The van der Waals surface area contributed by atoms with E-state index in [1.54, 1.807) is 12.1 Å². The SMILES string of the molecule is CC(C)CCOc1cccc(N2CC(C(=O)O)CC2=O)c1. The first kappa shape index (κ1) is 15.4. The van der Waals surface area contributed by atoms with Gasteiger partial charge >= 0.3 is 5.97 Å². The van der Waals surface area contributed by atoms with Crippen molar-refractivity contribution in [1.82, 2.24) is 0 Å². The van der Waals surface area contributed by atoms with E-state index in [2.05, 4.69) is 13.8 Å². The molecular formula is C16H21NO4. The van der Waals surface area contributed by atoms with Gasteiger partial charge in [-0.15, -0.1) is 0 Å². The van der Waals surface area contributed by atoms with E-state index in [0.29, 0.717) is 24.0 Å². The molecule has 1 aromatic rings. The van der Waals surface area contributed by atoms with Gasteiger partial charge in [0.25, 0.3) is 0 Å². The zero-order valence-electron chi connectivity index (χ0n) is 12.4. The van der Waals surface area contributed by atoms with Crippen LogP contribution in [-0.2, 0) is 9.59 Å². The molecule has 5 nitrogen and oxygen atoms in total. The molecule has 5 heteroatoms. The predicted octanol–water partition coefficient (Wildman–Crippen LogP) is 2.55. The van der Waals surface area contributed by atoms with Crippen LogP contribution in [-0.4, -0.2) is 30.1 Å². The topological polar surface area (TPSA) is 66.8 Å². The normalized spacial score (nSPS) is 18.3. The molecule has 0 spiro atoms. The van der Waals surface area contributed by atoms with E-state index in [0.717, 1.165) is 6.42 Å². The Labute approximate surface area is 124 Å². The van der Waals surface area contributed by atoms with Crippen LogP contribution in [0.4, 0.5) is 5.69 Å². The number of carboxylic acids is 1. The van der Waals surface area contributed by atoms with Gasteiger partial charge < -0.3 is 14.7 Å². The fraction of sp³-hybridized carbons (Fsp3) is 0.500. The molecule has 1 aromatic carbocycles. The standard InChI is InChI=1S/C16H21NO4/c1-11(2)6-7-21-14-5-3-4-13(9-14)17-10-12(16(19)20)8-15(17)18/h3-5,9,11-12H,6-8,10H2,1-2H3,(H,19,20). The number of benzene rings is 1. The highest BCUT2D eigenvalue weighted by Gasteiger charge is 2.35. The molecule has 1 N–H and O–H groups in total. The van der Waals surface area contributed by atoms with Crippen LogP contribution in [0.25, 0.3) is 0 Å². The molecule has 0 aromatic heterocycles. The number of nitrogens with zero attached hydrogens (tertiary/aromatic N) is 1. The maximum Gasteiger partial charge on any atom is 0.308 e. The van der Waals surface area contributed by atoms with E-state index in [1.807, 2.05) is 12.1 Å². The number of hydrogen-bond donors (Lipinski definition) is 1. The number of carbonyl (C=O) groups excluding carboxylic acids is 1. The van der Waals surface area contributed by atoms with Crippen molar-refractivity contribution >= 4 is 17.6 Å². The molecule has 1 fully saturated rings. The van der Waals surface area contributed by atoms with Crippen molar-refractivity contribution < 1.29 is 19.4 Å². The fourth-order valence-electron chi connectivity index (χ4n) is 2.28. The number of aliphatic carboxylic acids is 1. The van der Waals surface area contributed by atoms with Crippen LogP contribution < -0.4 is 9.64 Å². The highest BCUT2D eigenvalue weighted by Crippen LogP contribution is 2.28. The minimum absolute atomic E-state index is 0.0633. The van der Waals surface area contributed by atoms with Gasteiger partial charge in [-0.1, -0.05) is 19.9 Å². The number of amides is 1. The molecule has 114 valence electrons. The summed E-state index contributed by atoms with van der Waals surface area (Å²) in [6.45, 7) is 5.12. The Morgan fingerprint density at radius 1 is 1.48 bits per heavy atom. The van der Waals surface area contributed by atoms with Gasteiger partial charge in [0.1, 0.15) is 5.75 Å². The molecule has 0 saturated carbocycles. The number of anilines is 1. The van der Waals surface area contributed by atoms with Crippen molar-refractivity contribution in [2.24, 2.45) is 11.8 Å². The molecule has 1 amide bonds. The number of rotatable bonds is 6. The van der Waals surface area contributed by atoms with Crippen LogP contribution in [0.1, 0.15) is 26.7 Å². The average molecular weight is 291 g/mol. The van der Waals surface area contributed by atoms with Gasteiger partial charge in [0, 0.05) is 24.7 Å². The van der Waals surface area contributed by atoms with Gasteiger partial charge in [-0.2, -0.15) is 0 Å². The van der Waals surface area contributed by atoms with Crippen molar-refractivity contribution in [2.45, 2.75) is 26.7 Å². The Kier molecular flexibility index (Phi) is 4.83. The van der Waals surface area contributed by atoms with Crippen molar-refractivity contribution in [3.05, 3.63) is 24.3 Å². The Morgan fingerprint density at radius 2 is 2.24 bits per heavy atom. The molecule has 1 aliphatic rings. The monoisotopic (exact) mass is 291 g/mol. The van der Waals surface area contributed by atoms with Crippen LogP contribution >= 0.6 is 0 Å². The second-order valence-corrected chi connectivity index (χ2v) is 5.77. The molecule has 0 bridgehead atoms. The summed E-state index contributed by atoms with van der Waals surface area (Å²) in [6, 6.07) is 7.26. The van der Waals surface area contributed by atoms with E-state index in [-0.39, 0.29) is 18.9 Å². The second-order valence-electron chi connectivity index (χ2n) is 5.77. The summed E-state index contributed by atoms with van der Waals surface area (Å²) in [5.74, 6) is -0.413. The first-order valence-electron chi connectivity index (χ1n) is 7.23. The third-order valence-corrected chi connectivity index (χ3v) is 3.57. The average Bonchev–Trinajstić information content (AvgIpc) is 2.81. The summed E-state index contributed by atoms with van der Waals surface area (Å²) < 4.78 is 5.67. The lowest BCUT2D eigenvalue weighted by Crippen LogP contribution is -2.25. The number of carbonyl (C=O) groups is 2. The summed E-state index contributed by atoms with van der Waals surface area (Å²) in [5.41, 5.74) is 0.700. The first-order valence-corrected chi connectivity index (χ1v) is 7.23. The second kappa shape index (κ2) is 6.61. The Morgan fingerprint density at radius 3 is 2.86 bits per heavy atom. The molecule has 1 heterocycles. The molecule has 0 radical (unpaired) electrons. The highest BCUT2D eigenvalue weighted by molar-refractivity contribution is 5.99. The van der Waals surface area contributed by atoms with Gasteiger partial charge in [-0.05, 0) is 24.5 Å². The van der Waals surface area contributed by atoms with Crippen molar-refractivity contribution in [2.75, 3.05) is 18.1 Å². The van der Waals surface area contributed by atoms with Gasteiger partial charge in [0.15, 0.2) is 0 Å². The smallest absolute Gasteiger partial charge is 0.308 e. The third-order valence-electron chi connectivity index (χ3n) is 3.57. The highest BCUT2D eigenvalue weighted by atomic mass is 16.5. The molecule has 1 saturated heterocycles. The largest absolute Gasteiger partial charge is 0.494 e. The van der Waals surface area contributed by atoms with E-state index in [1.165, 1.54) is 4.90 Å². The van der Waals surface area contributed by atoms with Gasteiger partial charge in [-0.3, -0.25) is 9.59 Å². The van der Waals surface area contributed by atoms with Gasteiger partial charge in [0.05, 0.1) is 12.5 Å². The first-order chi connectivity index (χ1) is 9.97. The van der Waals surface area contributed by atoms with Crippen LogP contribution in [0.15, 0.2) is 24.3 Å². The third kappa shape index (κ3) is 3.97. The van der Waals surface area contributed by atoms with Gasteiger partial charge in [0.2, 0.25) is 5.91 Å². The summed E-state index contributed by atoms with van der Waals surface area (Å²) in [4.78, 5) is 24.4. The number of hydrogen-bond acceptors (Lipinski definition) is 3. The van der Waals surface area contributed by atoms with Crippen molar-refractivity contribution in [1.29, 1.82) is 0 Å². The molecule has 21 heavy (non-hydrogen) atoms. The van der Waals surface area contributed by atoms with E-state index < -0.39 is 11.9 Å². The Bertz CT molecular complexity index is 527.